The number of hydrogen-bond acceptors (Lipinski definition) is 5. The van der Waals surface area contributed by atoms with E-state index in [0.29, 0.717) is 5.56 Å². The van der Waals surface area contributed by atoms with Crippen LogP contribution in [0.4, 0.5) is 0 Å². The van der Waals surface area contributed by atoms with Crippen LogP contribution >= 0.6 is 24.8 Å². The number of aromatic nitrogens is 1. The minimum Gasteiger partial charge on any atom is -0.348 e. The van der Waals surface area contributed by atoms with Crippen molar-refractivity contribution in [3.8, 4) is 0 Å². The van der Waals surface area contributed by atoms with Crippen LogP contribution in [0.15, 0.2) is 53.7 Å². The van der Waals surface area contributed by atoms with Crippen LogP contribution < -0.4 is 15.4 Å². The van der Waals surface area contributed by atoms with Crippen molar-refractivity contribution in [2.75, 3.05) is 13.1 Å². The molecule has 0 radical (unpaired) electrons. The third kappa shape index (κ3) is 6.44. The number of hydrogen-bond donors (Lipinski definition) is 3. The first kappa shape index (κ1) is 23.3. The van der Waals surface area contributed by atoms with Crippen molar-refractivity contribution in [2.24, 2.45) is 0 Å². The zero-order valence-electron chi connectivity index (χ0n) is 14.4. The van der Waals surface area contributed by atoms with Crippen LogP contribution in [-0.2, 0) is 16.6 Å². The Morgan fingerprint density at radius 1 is 1.11 bits per heavy atom. The first-order valence-electron chi connectivity index (χ1n) is 8.05. The maximum atomic E-state index is 12.3. The first-order valence-corrected chi connectivity index (χ1v) is 9.53. The van der Waals surface area contributed by atoms with Crippen molar-refractivity contribution >= 4 is 40.7 Å². The predicted molar refractivity (Wildman–Crippen MR) is 108 cm³/mol. The highest BCUT2D eigenvalue weighted by atomic mass is 35.5. The summed E-state index contributed by atoms with van der Waals surface area (Å²) in [5.41, 5.74) is 1.26. The van der Waals surface area contributed by atoms with Crippen molar-refractivity contribution in [1.29, 1.82) is 0 Å². The normalized spacial score (nSPS) is 16.1. The molecule has 1 saturated heterocycles. The summed E-state index contributed by atoms with van der Waals surface area (Å²) in [6.45, 7) is 1.84. The summed E-state index contributed by atoms with van der Waals surface area (Å²) >= 11 is 0. The lowest BCUT2D eigenvalue weighted by molar-refractivity contribution is 0.0940. The van der Waals surface area contributed by atoms with Gasteiger partial charge in [-0.1, -0.05) is 0 Å². The van der Waals surface area contributed by atoms with Gasteiger partial charge in [0.1, 0.15) is 0 Å². The molecule has 1 aliphatic heterocycles. The van der Waals surface area contributed by atoms with Crippen LogP contribution in [0.1, 0.15) is 22.3 Å². The van der Waals surface area contributed by atoms with Crippen LogP contribution in [0.25, 0.3) is 0 Å². The summed E-state index contributed by atoms with van der Waals surface area (Å²) in [4.78, 5) is 16.2. The SMILES string of the molecule is Cl.Cl.O=C(N[C@@H]1CCNC1)c1ccc(S(=O)(=O)NCc2ccncc2)cc1. The molecule has 7 nitrogen and oxygen atoms in total. The van der Waals surface area contributed by atoms with Crippen LogP contribution in [0.5, 0.6) is 0 Å². The predicted octanol–water partition coefficient (Wildman–Crippen LogP) is 1.50. The summed E-state index contributed by atoms with van der Waals surface area (Å²) in [5.74, 6) is -0.192. The molecule has 1 fully saturated rings. The summed E-state index contributed by atoms with van der Waals surface area (Å²) in [7, 11) is -3.64. The molecule has 2 aromatic rings. The Labute approximate surface area is 171 Å². The zero-order valence-corrected chi connectivity index (χ0v) is 16.9. The lowest BCUT2D eigenvalue weighted by Gasteiger charge is -2.12. The van der Waals surface area contributed by atoms with Crippen LogP contribution in [0, 0.1) is 0 Å². The minimum absolute atomic E-state index is 0. The third-order valence-electron chi connectivity index (χ3n) is 4.04. The molecule has 0 aliphatic carbocycles. The number of carbonyl (C=O) groups is 1. The van der Waals surface area contributed by atoms with Crippen molar-refractivity contribution in [3.05, 3.63) is 59.9 Å². The Balaban J connectivity index is 0.00000182. The standard InChI is InChI=1S/C17H20N4O3S.2ClH/c22-17(21-15-7-10-19-12-15)14-1-3-16(4-2-14)25(23,24)20-11-13-5-8-18-9-6-13;;/h1-6,8-9,15,19-20H,7,10-12H2,(H,21,22);2*1H/t15-;;/m1../s1. The number of benzene rings is 1. The Morgan fingerprint density at radius 3 is 2.37 bits per heavy atom. The van der Waals surface area contributed by atoms with Gasteiger partial charge in [-0.15, -0.1) is 24.8 Å². The maximum absolute atomic E-state index is 12.3. The first-order chi connectivity index (χ1) is 12.0. The molecule has 1 aliphatic rings. The summed E-state index contributed by atoms with van der Waals surface area (Å²) < 4.78 is 27.2. The molecule has 27 heavy (non-hydrogen) atoms. The smallest absolute Gasteiger partial charge is 0.251 e. The van der Waals surface area contributed by atoms with Gasteiger partial charge in [-0.2, -0.15) is 0 Å². The Hall–Kier alpha value is -1.71. The van der Waals surface area contributed by atoms with Gasteiger partial charge in [0.2, 0.25) is 10.0 Å². The van der Waals surface area contributed by atoms with E-state index in [4.69, 9.17) is 0 Å². The molecule has 3 rings (SSSR count). The van der Waals surface area contributed by atoms with Gasteiger partial charge in [-0.25, -0.2) is 13.1 Å². The molecular weight excluding hydrogens is 411 g/mol. The van der Waals surface area contributed by atoms with Crippen LogP contribution in [0.2, 0.25) is 0 Å². The van der Waals surface area contributed by atoms with E-state index in [9.17, 15) is 13.2 Å². The molecule has 0 spiro atoms. The van der Waals surface area contributed by atoms with E-state index < -0.39 is 10.0 Å². The lowest BCUT2D eigenvalue weighted by atomic mass is 10.2. The average Bonchev–Trinajstić information content (AvgIpc) is 3.14. The summed E-state index contributed by atoms with van der Waals surface area (Å²) in [6.07, 6.45) is 4.12. The Morgan fingerprint density at radius 2 is 1.78 bits per heavy atom. The molecule has 1 aromatic carbocycles. The van der Waals surface area contributed by atoms with Gasteiger partial charge >= 0.3 is 0 Å². The third-order valence-corrected chi connectivity index (χ3v) is 5.46. The number of pyridine rings is 1. The fourth-order valence-electron chi connectivity index (χ4n) is 2.59. The van der Waals surface area contributed by atoms with E-state index in [2.05, 4.69) is 20.3 Å². The van der Waals surface area contributed by atoms with Gasteiger partial charge in [-0.3, -0.25) is 9.78 Å². The Kier molecular flexibility index (Phi) is 9.14. The van der Waals surface area contributed by atoms with Gasteiger partial charge in [0.15, 0.2) is 0 Å². The largest absolute Gasteiger partial charge is 0.348 e. The molecule has 3 N–H and O–H groups in total. The van der Waals surface area contributed by atoms with Crippen molar-refractivity contribution in [2.45, 2.75) is 23.9 Å². The Bertz CT molecular complexity index is 827. The van der Waals surface area contributed by atoms with E-state index >= 15 is 0 Å². The summed E-state index contributed by atoms with van der Waals surface area (Å²) in [5, 5.41) is 6.11. The second kappa shape index (κ2) is 10.6. The van der Waals surface area contributed by atoms with E-state index in [1.807, 2.05) is 0 Å². The topological polar surface area (TPSA) is 100 Å². The van der Waals surface area contributed by atoms with Crippen molar-refractivity contribution < 1.29 is 13.2 Å². The van der Waals surface area contributed by atoms with E-state index in [1.54, 1.807) is 24.5 Å². The molecule has 0 saturated carbocycles. The highest BCUT2D eigenvalue weighted by Crippen LogP contribution is 2.12. The van der Waals surface area contributed by atoms with Crippen LogP contribution in [0.3, 0.4) is 0 Å². The minimum atomic E-state index is -3.64. The van der Waals surface area contributed by atoms with Gasteiger partial charge in [-0.05, 0) is 54.9 Å². The molecule has 0 unspecified atom stereocenters. The lowest BCUT2D eigenvalue weighted by Crippen LogP contribution is -2.36. The number of halogens is 2. The molecule has 148 valence electrons. The molecule has 2 heterocycles. The highest BCUT2D eigenvalue weighted by Gasteiger charge is 2.19. The molecule has 1 aromatic heterocycles. The van der Waals surface area contributed by atoms with Gasteiger partial charge in [0.05, 0.1) is 4.90 Å². The monoisotopic (exact) mass is 432 g/mol. The van der Waals surface area contributed by atoms with E-state index in [-0.39, 0.29) is 48.2 Å². The molecular formula is C17H22Cl2N4O3S. The fraction of sp³-hybridized carbons (Fsp3) is 0.294. The van der Waals surface area contributed by atoms with Crippen LogP contribution in [-0.4, -0.2) is 38.4 Å². The van der Waals surface area contributed by atoms with Gasteiger partial charge in [0, 0.05) is 37.1 Å². The number of carbonyl (C=O) groups excluding carboxylic acids is 1. The molecule has 0 bridgehead atoms. The zero-order chi connectivity index (χ0) is 17.7. The average molecular weight is 433 g/mol. The number of nitrogens with one attached hydrogen (secondary N) is 3. The highest BCUT2D eigenvalue weighted by molar-refractivity contribution is 7.89. The molecule has 1 amide bonds. The van der Waals surface area contributed by atoms with E-state index in [0.717, 1.165) is 25.1 Å². The number of amides is 1. The van der Waals surface area contributed by atoms with Gasteiger partial charge < -0.3 is 10.6 Å². The molecule has 1 atom stereocenters. The maximum Gasteiger partial charge on any atom is 0.251 e. The van der Waals surface area contributed by atoms with E-state index in [1.165, 1.54) is 24.3 Å². The fourth-order valence-corrected chi connectivity index (χ4v) is 3.61. The molecule has 10 heteroatoms. The number of rotatable bonds is 6. The van der Waals surface area contributed by atoms with Crippen molar-refractivity contribution in [1.82, 2.24) is 20.3 Å². The number of nitrogens with zero attached hydrogens (tertiary/aromatic N) is 1. The second-order valence-electron chi connectivity index (χ2n) is 5.87. The summed E-state index contributed by atoms with van der Waals surface area (Å²) in [6, 6.07) is 9.55. The van der Waals surface area contributed by atoms with Gasteiger partial charge in [0.25, 0.3) is 5.91 Å². The van der Waals surface area contributed by atoms with Crippen molar-refractivity contribution in [3.63, 3.8) is 0 Å². The quantitative estimate of drug-likeness (QED) is 0.641. The number of sulfonamides is 1. The second-order valence-corrected chi connectivity index (χ2v) is 7.63.